The third kappa shape index (κ3) is 1.93. The predicted molar refractivity (Wildman–Crippen MR) is 61.9 cm³/mol. The Morgan fingerprint density at radius 3 is 3.00 bits per heavy atom. The summed E-state index contributed by atoms with van der Waals surface area (Å²) in [7, 11) is 0. The van der Waals surface area contributed by atoms with Crippen LogP contribution in [0.4, 0.5) is 0 Å². The first-order valence-corrected chi connectivity index (χ1v) is 5.06. The van der Waals surface area contributed by atoms with Gasteiger partial charge in [0, 0.05) is 28.6 Å². The van der Waals surface area contributed by atoms with Crippen molar-refractivity contribution in [1.82, 2.24) is 4.98 Å². The van der Waals surface area contributed by atoms with E-state index in [1.165, 1.54) is 0 Å². The van der Waals surface area contributed by atoms with Crippen LogP contribution in [0.15, 0.2) is 30.5 Å². The Balaban J connectivity index is 2.59. The summed E-state index contributed by atoms with van der Waals surface area (Å²) in [5.74, 6) is 0. The van der Waals surface area contributed by atoms with E-state index < -0.39 is 0 Å². The number of nitrogens with zero attached hydrogens (tertiary/aromatic N) is 2. The lowest BCUT2D eigenvalue weighted by molar-refractivity contribution is 1.08. The third-order valence-corrected chi connectivity index (χ3v) is 2.65. The number of fused-ring (bicyclic) bond motifs is 1. The molecule has 3 heteroatoms. The van der Waals surface area contributed by atoms with Gasteiger partial charge in [0.1, 0.15) is 0 Å². The highest BCUT2D eigenvalue weighted by Gasteiger charge is 2.07. The predicted octanol–water partition coefficient (Wildman–Crippen LogP) is 3.35. The normalized spacial score (nSPS) is 10.1. The van der Waals surface area contributed by atoms with E-state index in [9.17, 15) is 0 Å². The fraction of sp³-hybridized carbons (Fsp3) is 0.167. The summed E-state index contributed by atoms with van der Waals surface area (Å²) < 4.78 is 0. The van der Waals surface area contributed by atoms with Crippen LogP contribution in [-0.4, -0.2) is 11.5 Å². The molecule has 0 saturated heterocycles. The molecule has 1 aromatic carbocycles. The highest BCUT2D eigenvalue weighted by atomic mass is 35.5. The maximum Gasteiger partial charge on any atom is 0.218 e. The van der Waals surface area contributed by atoms with Gasteiger partial charge in [0.05, 0.1) is 5.52 Å². The van der Waals surface area contributed by atoms with Crippen LogP contribution in [-0.2, 0) is 6.42 Å². The van der Waals surface area contributed by atoms with Gasteiger partial charge in [-0.3, -0.25) is 4.98 Å². The van der Waals surface area contributed by atoms with E-state index in [4.69, 9.17) is 18.2 Å². The molecule has 0 amide bonds. The van der Waals surface area contributed by atoms with Crippen LogP contribution < -0.4 is 0 Å². The minimum absolute atomic E-state index is 0.454. The Morgan fingerprint density at radius 1 is 1.33 bits per heavy atom. The highest BCUT2D eigenvalue weighted by Crippen LogP contribution is 2.24. The summed E-state index contributed by atoms with van der Waals surface area (Å²) in [6.07, 6.45) is 2.41. The molecule has 0 aliphatic rings. The van der Waals surface area contributed by atoms with Crippen molar-refractivity contribution in [2.24, 2.45) is 0 Å². The molecule has 15 heavy (non-hydrogen) atoms. The van der Waals surface area contributed by atoms with Gasteiger partial charge in [-0.15, -0.1) is 0 Å². The minimum atomic E-state index is 0.454. The summed E-state index contributed by atoms with van der Waals surface area (Å²) in [5.41, 5.74) is 1.89. The van der Waals surface area contributed by atoms with Crippen LogP contribution in [0.2, 0.25) is 5.02 Å². The van der Waals surface area contributed by atoms with Gasteiger partial charge in [0.15, 0.2) is 0 Å². The van der Waals surface area contributed by atoms with Gasteiger partial charge in [0.25, 0.3) is 0 Å². The van der Waals surface area contributed by atoms with Crippen molar-refractivity contribution in [3.05, 3.63) is 52.5 Å². The molecule has 0 fully saturated rings. The highest BCUT2D eigenvalue weighted by molar-refractivity contribution is 6.32. The Bertz CT molecular complexity index is 529. The molecule has 0 aliphatic carbocycles. The van der Waals surface area contributed by atoms with E-state index in [0.717, 1.165) is 16.5 Å². The van der Waals surface area contributed by atoms with Crippen LogP contribution in [0.3, 0.4) is 0 Å². The number of benzene rings is 1. The van der Waals surface area contributed by atoms with Crippen LogP contribution in [0.5, 0.6) is 0 Å². The van der Waals surface area contributed by atoms with E-state index in [1.807, 2.05) is 24.3 Å². The van der Waals surface area contributed by atoms with Gasteiger partial charge in [-0.1, -0.05) is 23.7 Å². The molecule has 0 aliphatic heterocycles. The SMILES string of the molecule is [C-]#[N+]CCc1c(Cl)ccc2cccnc12. The molecular formula is C12H9ClN2. The molecule has 0 N–H and O–H groups in total. The number of hydrogen-bond donors (Lipinski definition) is 0. The van der Waals surface area contributed by atoms with Gasteiger partial charge in [-0.25, -0.2) is 6.57 Å². The zero-order valence-electron chi connectivity index (χ0n) is 8.07. The molecule has 74 valence electrons. The molecule has 1 aromatic heterocycles. The van der Waals surface area contributed by atoms with E-state index >= 15 is 0 Å². The molecule has 0 saturated carbocycles. The van der Waals surface area contributed by atoms with Crippen molar-refractivity contribution in [1.29, 1.82) is 0 Å². The number of hydrogen-bond acceptors (Lipinski definition) is 1. The van der Waals surface area contributed by atoms with E-state index in [2.05, 4.69) is 9.83 Å². The molecule has 0 radical (unpaired) electrons. The standard InChI is InChI=1S/C12H9ClN2/c1-14-8-6-10-11(13)5-4-9-3-2-7-15-12(9)10/h2-5,7H,6,8H2. The molecule has 0 unspecified atom stereocenters. The zero-order chi connectivity index (χ0) is 10.7. The molecule has 2 aromatic rings. The summed E-state index contributed by atoms with van der Waals surface area (Å²) in [6.45, 7) is 7.25. The number of pyridine rings is 1. The minimum Gasteiger partial charge on any atom is -0.317 e. The molecule has 0 atom stereocenters. The Labute approximate surface area is 93.3 Å². The molecular weight excluding hydrogens is 208 g/mol. The number of rotatable bonds is 2. The van der Waals surface area contributed by atoms with E-state index in [0.29, 0.717) is 18.0 Å². The number of halogens is 1. The second kappa shape index (κ2) is 4.29. The van der Waals surface area contributed by atoms with Crippen molar-refractivity contribution in [2.45, 2.75) is 6.42 Å². The first-order valence-electron chi connectivity index (χ1n) is 4.68. The largest absolute Gasteiger partial charge is 0.317 e. The van der Waals surface area contributed by atoms with Crippen LogP contribution in [0.1, 0.15) is 5.56 Å². The summed E-state index contributed by atoms with van der Waals surface area (Å²) >= 11 is 6.10. The lowest BCUT2D eigenvalue weighted by Crippen LogP contribution is -1.93. The quantitative estimate of drug-likeness (QED) is 0.704. The van der Waals surface area contributed by atoms with Crippen molar-refractivity contribution in [3.8, 4) is 0 Å². The van der Waals surface area contributed by atoms with Gasteiger partial charge in [-0.05, 0) is 12.1 Å². The fourth-order valence-electron chi connectivity index (χ4n) is 1.59. The summed E-state index contributed by atoms with van der Waals surface area (Å²) in [6, 6.07) is 7.71. The average molecular weight is 217 g/mol. The topological polar surface area (TPSA) is 17.2 Å². The Kier molecular flexibility index (Phi) is 2.84. The van der Waals surface area contributed by atoms with Crippen LogP contribution in [0, 0.1) is 6.57 Å². The fourth-order valence-corrected chi connectivity index (χ4v) is 1.83. The smallest absolute Gasteiger partial charge is 0.218 e. The van der Waals surface area contributed by atoms with Gasteiger partial charge < -0.3 is 4.85 Å². The molecule has 2 nitrogen and oxygen atoms in total. The van der Waals surface area contributed by atoms with Gasteiger partial charge in [0.2, 0.25) is 6.54 Å². The number of aromatic nitrogens is 1. The Morgan fingerprint density at radius 2 is 2.20 bits per heavy atom. The maximum absolute atomic E-state index is 6.79. The summed E-state index contributed by atoms with van der Waals surface area (Å²) in [4.78, 5) is 7.65. The lowest BCUT2D eigenvalue weighted by atomic mass is 10.1. The first kappa shape index (κ1) is 9.95. The van der Waals surface area contributed by atoms with Gasteiger partial charge >= 0.3 is 0 Å². The van der Waals surface area contributed by atoms with Crippen molar-refractivity contribution >= 4 is 22.5 Å². The Hall–Kier alpha value is -1.59. The molecule has 1 heterocycles. The van der Waals surface area contributed by atoms with E-state index in [-0.39, 0.29) is 0 Å². The monoisotopic (exact) mass is 216 g/mol. The van der Waals surface area contributed by atoms with Crippen LogP contribution >= 0.6 is 11.6 Å². The second-order valence-corrected chi connectivity index (χ2v) is 3.64. The van der Waals surface area contributed by atoms with Crippen molar-refractivity contribution < 1.29 is 0 Å². The molecule has 0 bridgehead atoms. The van der Waals surface area contributed by atoms with Crippen molar-refractivity contribution in [2.75, 3.05) is 6.54 Å². The second-order valence-electron chi connectivity index (χ2n) is 3.23. The maximum atomic E-state index is 6.79. The average Bonchev–Trinajstić information content (AvgIpc) is 2.28. The van der Waals surface area contributed by atoms with E-state index in [1.54, 1.807) is 6.20 Å². The molecule has 2 rings (SSSR count). The van der Waals surface area contributed by atoms with Crippen LogP contribution in [0.25, 0.3) is 15.7 Å². The van der Waals surface area contributed by atoms with Gasteiger partial charge in [-0.2, -0.15) is 0 Å². The lowest BCUT2D eigenvalue weighted by Gasteiger charge is -2.04. The first-order chi connectivity index (χ1) is 7.33. The zero-order valence-corrected chi connectivity index (χ0v) is 8.83. The third-order valence-electron chi connectivity index (χ3n) is 2.30. The molecule has 0 spiro atoms. The summed E-state index contributed by atoms with van der Waals surface area (Å²) in [5, 5.41) is 1.77. The van der Waals surface area contributed by atoms with Crippen molar-refractivity contribution in [3.63, 3.8) is 0 Å².